The van der Waals surface area contributed by atoms with Gasteiger partial charge in [0.15, 0.2) is 0 Å². The van der Waals surface area contributed by atoms with Crippen LogP contribution in [0.3, 0.4) is 0 Å². The van der Waals surface area contributed by atoms with Crippen LogP contribution in [-0.2, 0) is 11.2 Å². The van der Waals surface area contributed by atoms with Crippen molar-refractivity contribution in [3.63, 3.8) is 0 Å². The van der Waals surface area contributed by atoms with Gasteiger partial charge in [-0.3, -0.25) is 4.79 Å². The molecule has 0 aromatic heterocycles. The van der Waals surface area contributed by atoms with E-state index in [0.717, 1.165) is 12.0 Å². The van der Waals surface area contributed by atoms with Crippen molar-refractivity contribution >= 4 is 23.2 Å². The molecule has 1 aromatic carbocycles. The highest BCUT2D eigenvalue weighted by Crippen LogP contribution is 2.51. The number of carbonyl (C=O) groups excluding carboxylic acids is 1. The first kappa shape index (κ1) is 12.0. The fourth-order valence-corrected chi connectivity index (χ4v) is 3.14. The summed E-state index contributed by atoms with van der Waals surface area (Å²) in [5, 5.41) is 2.45. The van der Waals surface area contributed by atoms with Crippen molar-refractivity contribution in [3.8, 4) is 0 Å². The highest BCUT2D eigenvalue weighted by atomic mass is 35.5. The summed E-state index contributed by atoms with van der Waals surface area (Å²) in [5.41, 5.74) is 2.17. The van der Waals surface area contributed by atoms with Crippen molar-refractivity contribution in [2.24, 2.45) is 11.8 Å². The second-order valence-electron chi connectivity index (χ2n) is 5.36. The van der Waals surface area contributed by atoms with Crippen LogP contribution >= 0.6 is 11.6 Å². The second-order valence-corrected chi connectivity index (χ2v) is 5.83. The predicted molar refractivity (Wildman–Crippen MR) is 69.2 cm³/mol. The number of halogens is 2. The Balaban J connectivity index is 1.94. The number of carbonyl (C=O) groups is 1. The van der Waals surface area contributed by atoms with Crippen molar-refractivity contribution in [1.29, 1.82) is 0 Å². The van der Waals surface area contributed by atoms with Crippen LogP contribution in [-0.4, -0.2) is 5.91 Å². The molecule has 1 aliphatic carbocycles. The van der Waals surface area contributed by atoms with E-state index in [4.69, 9.17) is 11.6 Å². The first-order valence-electron chi connectivity index (χ1n) is 6.32. The van der Waals surface area contributed by atoms with E-state index in [-0.39, 0.29) is 17.1 Å². The summed E-state index contributed by atoms with van der Waals surface area (Å²) < 4.78 is 14.0. The largest absolute Gasteiger partial charge is 0.326 e. The first-order chi connectivity index (χ1) is 8.56. The minimum Gasteiger partial charge on any atom is -0.326 e. The molecule has 1 aromatic rings. The Kier molecular flexibility index (Phi) is 2.81. The zero-order valence-electron chi connectivity index (χ0n) is 10.2. The molecule has 1 amide bonds. The van der Waals surface area contributed by atoms with Crippen molar-refractivity contribution < 1.29 is 9.18 Å². The molecule has 1 N–H and O–H groups in total. The molecule has 4 heteroatoms. The van der Waals surface area contributed by atoms with Gasteiger partial charge in [0.05, 0.1) is 5.38 Å². The zero-order chi connectivity index (χ0) is 12.9. The third-order valence-corrected chi connectivity index (χ3v) is 4.52. The number of alkyl halides is 1. The molecular formula is C14H15ClFNO. The summed E-state index contributed by atoms with van der Waals surface area (Å²) in [6.07, 6.45) is 2.20. The molecule has 1 saturated carbocycles. The molecule has 0 radical (unpaired) electrons. The zero-order valence-corrected chi connectivity index (χ0v) is 10.9. The Morgan fingerprint density at radius 2 is 2.17 bits per heavy atom. The molecule has 3 unspecified atom stereocenters. The van der Waals surface area contributed by atoms with E-state index >= 15 is 0 Å². The fourth-order valence-electron chi connectivity index (χ4n) is 2.62. The van der Waals surface area contributed by atoms with E-state index in [1.54, 1.807) is 0 Å². The quantitative estimate of drug-likeness (QED) is 0.815. The highest BCUT2D eigenvalue weighted by Gasteiger charge is 2.40. The summed E-state index contributed by atoms with van der Waals surface area (Å²) in [5.74, 6) is 0.614. The van der Waals surface area contributed by atoms with E-state index in [0.29, 0.717) is 35.9 Å². The SMILES string of the molecule is CC1CC1C(Cl)c1cc2c(cc1F)NC(=O)CC2. The molecule has 3 rings (SSSR count). The van der Waals surface area contributed by atoms with Gasteiger partial charge in [0.1, 0.15) is 5.82 Å². The predicted octanol–water partition coefficient (Wildman–Crippen LogP) is 3.65. The lowest BCUT2D eigenvalue weighted by atomic mass is 9.97. The molecule has 0 saturated heterocycles. The third-order valence-electron chi connectivity index (χ3n) is 3.96. The maximum atomic E-state index is 14.0. The van der Waals surface area contributed by atoms with Gasteiger partial charge in [0.2, 0.25) is 5.91 Å². The standard InChI is InChI=1S/C14H15ClFNO/c1-7-4-9(7)14(15)10-5-8-2-3-13(18)17-12(8)6-11(10)16/h5-7,9,14H,2-4H2,1H3,(H,17,18). The number of nitrogens with one attached hydrogen (secondary N) is 1. The monoisotopic (exact) mass is 267 g/mol. The van der Waals surface area contributed by atoms with Gasteiger partial charge in [-0.05, 0) is 42.4 Å². The fraction of sp³-hybridized carbons (Fsp3) is 0.500. The average molecular weight is 268 g/mol. The van der Waals surface area contributed by atoms with E-state index in [1.165, 1.54) is 6.07 Å². The second kappa shape index (κ2) is 4.23. The molecule has 1 aliphatic heterocycles. The molecule has 0 bridgehead atoms. The van der Waals surface area contributed by atoms with Gasteiger partial charge < -0.3 is 5.32 Å². The van der Waals surface area contributed by atoms with E-state index in [2.05, 4.69) is 12.2 Å². The smallest absolute Gasteiger partial charge is 0.224 e. The number of aryl methyl sites for hydroxylation is 1. The van der Waals surface area contributed by atoms with Crippen molar-refractivity contribution in [1.82, 2.24) is 0 Å². The molecule has 1 fully saturated rings. The van der Waals surface area contributed by atoms with Gasteiger partial charge in [-0.1, -0.05) is 6.92 Å². The number of rotatable bonds is 2. The average Bonchev–Trinajstić information content (AvgIpc) is 3.04. The van der Waals surface area contributed by atoms with Crippen LogP contribution in [0, 0.1) is 17.7 Å². The number of hydrogen-bond acceptors (Lipinski definition) is 1. The van der Waals surface area contributed by atoms with Crippen molar-refractivity contribution in [2.75, 3.05) is 5.32 Å². The van der Waals surface area contributed by atoms with Gasteiger partial charge in [-0.2, -0.15) is 0 Å². The molecule has 2 aliphatic rings. The number of hydrogen-bond donors (Lipinski definition) is 1. The molecule has 96 valence electrons. The topological polar surface area (TPSA) is 29.1 Å². The molecule has 1 heterocycles. The number of amides is 1. The van der Waals surface area contributed by atoms with Crippen LogP contribution in [0.4, 0.5) is 10.1 Å². The third kappa shape index (κ3) is 2.01. The van der Waals surface area contributed by atoms with Gasteiger partial charge in [-0.25, -0.2) is 4.39 Å². The Hall–Kier alpha value is -1.09. The Morgan fingerprint density at radius 1 is 1.44 bits per heavy atom. The number of fused-ring (bicyclic) bond motifs is 1. The van der Waals surface area contributed by atoms with Crippen LogP contribution in [0.2, 0.25) is 0 Å². The van der Waals surface area contributed by atoms with Crippen LogP contribution in [0.15, 0.2) is 12.1 Å². The Bertz CT molecular complexity index is 517. The lowest BCUT2D eigenvalue weighted by Crippen LogP contribution is -2.19. The first-order valence-corrected chi connectivity index (χ1v) is 6.76. The highest BCUT2D eigenvalue weighted by molar-refractivity contribution is 6.21. The van der Waals surface area contributed by atoms with Crippen molar-refractivity contribution in [3.05, 3.63) is 29.1 Å². The molecular weight excluding hydrogens is 253 g/mol. The summed E-state index contributed by atoms with van der Waals surface area (Å²) >= 11 is 6.35. The van der Waals surface area contributed by atoms with Crippen LogP contribution < -0.4 is 5.32 Å². The molecule has 18 heavy (non-hydrogen) atoms. The van der Waals surface area contributed by atoms with Crippen LogP contribution in [0.5, 0.6) is 0 Å². The summed E-state index contributed by atoms with van der Waals surface area (Å²) in [6.45, 7) is 2.14. The molecule has 3 atom stereocenters. The Labute approximate surface area is 111 Å². The van der Waals surface area contributed by atoms with E-state index < -0.39 is 0 Å². The van der Waals surface area contributed by atoms with Gasteiger partial charge in [0.25, 0.3) is 0 Å². The van der Waals surface area contributed by atoms with Crippen molar-refractivity contribution in [2.45, 2.75) is 31.6 Å². The van der Waals surface area contributed by atoms with E-state index in [9.17, 15) is 9.18 Å². The normalized spacial score (nSPS) is 27.4. The maximum absolute atomic E-state index is 14.0. The van der Waals surface area contributed by atoms with Crippen LogP contribution in [0.1, 0.15) is 36.3 Å². The molecule has 2 nitrogen and oxygen atoms in total. The minimum atomic E-state index is -0.310. The molecule has 0 spiro atoms. The van der Waals surface area contributed by atoms with Gasteiger partial charge in [-0.15, -0.1) is 11.6 Å². The summed E-state index contributed by atoms with van der Waals surface area (Å²) in [4.78, 5) is 11.3. The van der Waals surface area contributed by atoms with Gasteiger partial charge >= 0.3 is 0 Å². The number of anilines is 1. The van der Waals surface area contributed by atoms with Crippen LogP contribution in [0.25, 0.3) is 0 Å². The van der Waals surface area contributed by atoms with E-state index in [1.807, 2.05) is 6.07 Å². The maximum Gasteiger partial charge on any atom is 0.224 e. The lowest BCUT2D eigenvalue weighted by Gasteiger charge is -2.20. The Morgan fingerprint density at radius 3 is 2.83 bits per heavy atom. The summed E-state index contributed by atoms with van der Waals surface area (Å²) in [7, 11) is 0. The lowest BCUT2D eigenvalue weighted by molar-refractivity contribution is -0.116. The minimum absolute atomic E-state index is 0.0483. The number of benzene rings is 1. The summed E-state index contributed by atoms with van der Waals surface area (Å²) in [6, 6.07) is 3.23. The van der Waals surface area contributed by atoms with Gasteiger partial charge in [0, 0.05) is 17.7 Å².